The number of phenols is 4. The topological polar surface area (TPSA) is 107 Å². The fraction of sp³-hybridized carbons (Fsp3) is 0.133. The second-order valence-electron chi connectivity index (χ2n) is 4.81. The number of aromatic hydroxyl groups is 4. The molecule has 1 atom stereocenters. The molecule has 0 fully saturated rings. The maximum Gasteiger partial charge on any atom is 0.207 e. The molecule has 21 heavy (non-hydrogen) atoms. The van der Waals surface area contributed by atoms with Crippen LogP contribution in [0, 0.1) is 0 Å². The zero-order chi connectivity index (χ0) is 15.1. The molecule has 1 heterocycles. The molecule has 108 valence electrons. The fourth-order valence-electron chi connectivity index (χ4n) is 2.29. The fourth-order valence-corrected chi connectivity index (χ4v) is 2.29. The highest BCUT2D eigenvalue weighted by Gasteiger charge is 2.35. The third kappa shape index (κ3) is 2.10. The Labute approximate surface area is 119 Å². The summed E-state index contributed by atoms with van der Waals surface area (Å²) >= 11 is 0. The number of phenolic OH excluding ortho intramolecular Hbond substituents is 4. The highest BCUT2D eigenvalue weighted by Crippen LogP contribution is 2.43. The van der Waals surface area contributed by atoms with Gasteiger partial charge in [-0.1, -0.05) is 6.07 Å². The molecule has 2 aromatic rings. The Hall–Kier alpha value is -2.89. The molecule has 4 N–H and O–H groups in total. The number of rotatable bonds is 2. The van der Waals surface area contributed by atoms with Gasteiger partial charge in [-0.3, -0.25) is 4.79 Å². The summed E-state index contributed by atoms with van der Waals surface area (Å²) < 4.78 is 5.40. The van der Waals surface area contributed by atoms with Gasteiger partial charge in [-0.15, -0.1) is 0 Å². The van der Waals surface area contributed by atoms with Crippen molar-refractivity contribution in [3.63, 3.8) is 0 Å². The van der Waals surface area contributed by atoms with Gasteiger partial charge in [0, 0.05) is 6.42 Å². The summed E-state index contributed by atoms with van der Waals surface area (Å²) in [5, 5.41) is 37.8. The van der Waals surface area contributed by atoms with Crippen LogP contribution in [0.1, 0.15) is 15.9 Å². The van der Waals surface area contributed by atoms with Crippen LogP contribution in [0.2, 0.25) is 0 Å². The first-order valence-electron chi connectivity index (χ1n) is 6.24. The zero-order valence-corrected chi connectivity index (χ0v) is 10.8. The molecule has 1 unspecified atom stereocenters. The number of hydrogen-bond donors (Lipinski definition) is 4. The Morgan fingerprint density at radius 1 is 0.952 bits per heavy atom. The largest absolute Gasteiger partial charge is 0.504 e. The quantitative estimate of drug-likeness (QED) is 0.626. The van der Waals surface area contributed by atoms with Crippen molar-refractivity contribution in [2.45, 2.75) is 12.5 Å². The van der Waals surface area contributed by atoms with Crippen LogP contribution in [0.15, 0.2) is 30.3 Å². The first-order valence-corrected chi connectivity index (χ1v) is 6.24. The SMILES string of the molecule is O=C1c2ccc(O)c(O)c2OC1Cc1ccc(O)c(O)c1. The van der Waals surface area contributed by atoms with E-state index in [1.54, 1.807) is 6.07 Å². The van der Waals surface area contributed by atoms with Gasteiger partial charge in [0.15, 0.2) is 29.1 Å². The van der Waals surface area contributed by atoms with E-state index >= 15 is 0 Å². The van der Waals surface area contributed by atoms with Crippen LogP contribution < -0.4 is 4.74 Å². The van der Waals surface area contributed by atoms with Crippen molar-refractivity contribution in [3.05, 3.63) is 41.5 Å². The molecule has 0 spiro atoms. The number of carbonyl (C=O) groups excluding carboxylic acids is 1. The lowest BCUT2D eigenvalue weighted by molar-refractivity contribution is 0.0855. The molecular formula is C15H12O6. The average Bonchev–Trinajstić information content (AvgIpc) is 2.76. The standard InChI is InChI=1S/C15H12O6/c16-9-3-1-7(5-11(9)18)6-12-13(19)8-2-4-10(17)14(20)15(8)21-12/h1-5,12,16-18,20H,6H2. The molecular weight excluding hydrogens is 276 g/mol. The highest BCUT2D eigenvalue weighted by molar-refractivity contribution is 6.05. The van der Waals surface area contributed by atoms with Gasteiger partial charge in [-0.2, -0.15) is 0 Å². The minimum absolute atomic E-state index is 0.0343. The maximum atomic E-state index is 12.2. The van der Waals surface area contributed by atoms with Gasteiger partial charge in [-0.05, 0) is 29.8 Å². The Kier molecular flexibility index (Phi) is 2.86. The van der Waals surface area contributed by atoms with Gasteiger partial charge in [0.25, 0.3) is 0 Å². The van der Waals surface area contributed by atoms with Crippen molar-refractivity contribution in [2.75, 3.05) is 0 Å². The van der Waals surface area contributed by atoms with Crippen LogP contribution in [-0.2, 0) is 6.42 Å². The number of hydrogen-bond acceptors (Lipinski definition) is 6. The molecule has 0 saturated heterocycles. The van der Waals surface area contributed by atoms with Crippen molar-refractivity contribution in [1.82, 2.24) is 0 Å². The van der Waals surface area contributed by atoms with Crippen molar-refractivity contribution in [3.8, 4) is 28.7 Å². The van der Waals surface area contributed by atoms with Crippen LogP contribution in [0.25, 0.3) is 0 Å². The maximum absolute atomic E-state index is 12.2. The summed E-state index contributed by atoms with van der Waals surface area (Å²) in [7, 11) is 0. The van der Waals surface area contributed by atoms with Crippen LogP contribution in [0.3, 0.4) is 0 Å². The lowest BCUT2D eigenvalue weighted by Gasteiger charge is -2.10. The second-order valence-corrected chi connectivity index (χ2v) is 4.81. The third-order valence-electron chi connectivity index (χ3n) is 3.39. The number of fused-ring (bicyclic) bond motifs is 1. The average molecular weight is 288 g/mol. The lowest BCUT2D eigenvalue weighted by atomic mass is 10.0. The van der Waals surface area contributed by atoms with Gasteiger partial charge >= 0.3 is 0 Å². The molecule has 0 saturated carbocycles. The molecule has 0 amide bonds. The number of carbonyl (C=O) groups is 1. The summed E-state index contributed by atoms with van der Waals surface area (Å²) in [6.07, 6.45) is -0.682. The van der Waals surface area contributed by atoms with E-state index in [4.69, 9.17) is 4.74 Å². The molecule has 6 heteroatoms. The van der Waals surface area contributed by atoms with Crippen LogP contribution in [0.5, 0.6) is 28.7 Å². The van der Waals surface area contributed by atoms with E-state index in [1.807, 2.05) is 0 Å². The smallest absolute Gasteiger partial charge is 0.207 e. The van der Waals surface area contributed by atoms with Crippen molar-refractivity contribution < 1.29 is 30.0 Å². The van der Waals surface area contributed by atoms with Gasteiger partial charge in [0.2, 0.25) is 11.5 Å². The Morgan fingerprint density at radius 2 is 1.67 bits per heavy atom. The number of Topliss-reactive ketones (excluding diaryl/α,β-unsaturated/α-hetero) is 1. The summed E-state index contributed by atoms with van der Waals surface area (Å²) in [6.45, 7) is 0. The van der Waals surface area contributed by atoms with E-state index < -0.39 is 11.9 Å². The number of ketones is 1. The first kappa shape index (κ1) is 13.1. The molecule has 3 rings (SSSR count). The lowest BCUT2D eigenvalue weighted by Crippen LogP contribution is -2.23. The Morgan fingerprint density at radius 3 is 2.38 bits per heavy atom. The number of benzene rings is 2. The molecule has 2 aromatic carbocycles. The normalized spacial score (nSPS) is 16.6. The third-order valence-corrected chi connectivity index (χ3v) is 3.39. The van der Waals surface area contributed by atoms with Crippen LogP contribution in [0.4, 0.5) is 0 Å². The van der Waals surface area contributed by atoms with Crippen molar-refractivity contribution in [2.24, 2.45) is 0 Å². The van der Waals surface area contributed by atoms with Crippen LogP contribution >= 0.6 is 0 Å². The second kappa shape index (κ2) is 4.59. The van der Waals surface area contributed by atoms with Crippen molar-refractivity contribution in [1.29, 1.82) is 0 Å². The molecule has 6 nitrogen and oxygen atoms in total. The molecule has 0 bridgehead atoms. The van der Waals surface area contributed by atoms with E-state index in [9.17, 15) is 25.2 Å². The Bertz CT molecular complexity index is 737. The zero-order valence-electron chi connectivity index (χ0n) is 10.8. The van der Waals surface area contributed by atoms with Gasteiger partial charge in [0.1, 0.15) is 0 Å². The highest BCUT2D eigenvalue weighted by atomic mass is 16.5. The van der Waals surface area contributed by atoms with Gasteiger partial charge in [0.05, 0.1) is 5.56 Å². The van der Waals surface area contributed by atoms with Crippen molar-refractivity contribution >= 4 is 5.78 Å². The van der Waals surface area contributed by atoms with Crippen LogP contribution in [-0.4, -0.2) is 32.3 Å². The summed E-state index contributed by atoms with van der Waals surface area (Å²) in [6, 6.07) is 6.84. The van der Waals surface area contributed by atoms with Gasteiger partial charge in [-0.25, -0.2) is 0 Å². The monoisotopic (exact) mass is 288 g/mol. The van der Waals surface area contributed by atoms with E-state index in [0.29, 0.717) is 5.56 Å². The van der Waals surface area contributed by atoms with E-state index in [0.717, 1.165) is 0 Å². The Balaban J connectivity index is 1.88. The summed E-state index contributed by atoms with van der Waals surface area (Å²) in [4.78, 5) is 12.2. The molecule has 0 radical (unpaired) electrons. The predicted molar refractivity (Wildman–Crippen MR) is 72.0 cm³/mol. The summed E-state index contributed by atoms with van der Waals surface area (Å²) in [5.74, 6) is -1.69. The minimum Gasteiger partial charge on any atom is -0.504 e. The van der Waals surface area contributed by atoms with Gasteiger partial charge < -0.3 is 25.2 Å². The van der Waals surface area contributed by atoms with E-state index in [1.165, 1.54) is 24.3 Å². The van der Waals surface area contributed by atoms with E-state index in [2.05, 4.69) is 0 Å². The minimum atomic E-state index is -0.850. The molecule has 1 aliphatic rings. The molecule has 0 aliphatic carbocycles. The number of ether oxygens (including phenoxy) is 1. The first-order chi connectivity index (χ1) is 9.97. The molecule has 0 aromatic heterocycles. The van der Waals surface area contributed by atoms with E-state index in [-0.39, 0.29) is 40.8 Å². The predicted octanol–water partition coefficient (Wildman–Crippen LogP) is 1.70. The summed E-state index contributed by atoms with van der Waals surface area (Å²) in [5.41, 5.74) is 0.804. The molecule has 1 aliphatic heterocycles.